The Morgan fingerprint density at radius 3 is 2.73 bits per heavy atom. The van der Waals surface area contributed by atoms with Crippen molar-refractivity contribution in [2.24, 2.45) is 5.41 Å². The lowest BCUT2D eigenvalue weighted by Gasteiger charge is -2.54. The van der Waals surface area contributed by atoms with Crippen LogP contribution in [0.25, 0.3) is 5.69 Å². The van der Waals surface area contributed by atoms with E-state index in [4.69, 9.17) is 4.74 Å². The Balaban J connectivity index is 1.35. The van der Waals surface area contributed by atoms with Crippen LogP contribution in [0.2, 0.25) is 0 Å². The van der Waals surface area contributed by atoms with Crippen LogP contribution in [-0.4, -0.2) is 34.4 Å². The number of rotatable bonds is 6. The van der Waals surface area contributed by atoms with Gasteiger partial charge in [0.25, 0.3) is 0 Å². The highest BCUT2D eigenvalue weighted by Gasteiger charge is 2.57. The molecule has 1 amide bonds. The highest BCUT2D eigenvalue weighted by atomic mass is 16.5. The lowest BCUT2D eigenvalue weighted by atomic mass is 9.60. The minimum Gasteiger partial charge on any atom is -0.378 e. The van der Waals surface area contributed by atoms with Crippen LogP contribution in [0.1, 0.15) is 44.6 Å². The minimum atomic E-state index is 0.114. The molecule has 2 unspecified atom stereocenters. The van der Waals surface area contributed by atoms with Crippen molar-refractivity contribution in [1.82, 2.24) is 15.1 Å². The van der Waals surface area contributed by atoms with E-state index in [9.17, 15) is 4.79 Å². The van der Waals surface area contributed by atoms with E-state index >= 15 is 0 Å². The number of nitrogens with one attached hydrogen (secondary N) is 1. The summed E-state index contributed by atoms with van der Waals surface area (Å²) in [4.78, 5) is 12.6. The molecule has 1 aromatic carbocycles. The highest BCUT2D eigenvalue weighted by molar-refractivity contribution is 5.79. The van der Waals surface area contributed by atoms with Crippen molar-refractivity contribution in [2.75, 3.05) is 6.61 Å². The first-order valence-corrected chi connectivity index (χ1v) is 9.71. The number of nitrogens with zero attached hydrogens (tertiary/aromatic N) is 2. The monoisotopic (exact) mass is 353 g/mol. The summed E-state index contributed by atoms with van der Waals surface area (Å²) in [5.74, 6) is 0.114. The van der Waals surface area contributed by atoms with Crippen LogP contribution in [0.15, 0.2) is 42.7 Å². The van der Waals surface area contributed by atoms with Crippen LogP contribution >= 0.6 is 0 Å². The smallest absolute Gasteiger partial charge is 0.224 e. The maximum Gasteiger partial charge on any atom is 0.224 e. The summed E-state index contributed by atoms with van der Waals surface area (Å²) in [5, 5.41) is 7.52. The topological polar surface area (TPSA) is 56.1 Å². The van der Waals surface area contributed by atoms with Crippen molar-refractivity contribution in [2.45, 2.75) is 57.6 Å². The van der Waals surface area contributed by atoms with Crippen LogP contribution in [0.4, 0.5) is 0 Å². The molecule has 2 aromatic rings. The molecule has 1 spiro atoms. The number of carbonyl (C=O) groups excluding carboxylic acids is 1. The summed E-state index contributed by atoms with van der Waals surface area (Å²) >= 11 is 0. The number of aromatic nitrogens is 2. The molecule has 0 aliphatic heterocycles. The van der Waals surface area contributed by atoms with Gasteiger partial charge in [0.05, 0.1) is 18.2 Å². The summed E-state index contributed by atoms with van der Waals surface area (Å²) in [6, 6.07) is 10.2. The van der Waals surface area contributed by atoms with E-state index in [-0.39, 0.29) is 17.4 Å². The number of ether oxygens (including phenoxy) is 1. The highest BCUT2D eigenvalue weighted by Crippen LogP contribution is 2.54. The van der Waals surface area contributed by atoms with Gasteiger partial charge in [-0.1, -0.05) is 25.0 Å². The SMILES string of the molecule is CCOC1CC(NC(=O)Cc2ccc(-n3cccn3)cc2)C12CCCC2. The van der Waals surface area contributed by atoms with E-state index in [1.54, 1.807) is 6.20 Å². The van der Waals surface area contributed by atoms with E-state index < -0.39 is 0 Å². The van der Waals surface area contributed by atoms with Crippen molar-refractivity contribution in [1.29, 1.82) is 0 Å². The molecule has 4 rings (SSSR count). The number of amides is 1. The van der Waals surface area contributed by atoms with Crippen molar-refractivity contribution < 1.29 is 9.53 Å². The molecule has 2 fully saturated rings. The molecule has 5 nitrogen and oxygen atoms in total. The van der Waals surface area contributed by atoms with Gasteiger partial charge in [0.1, 0.15) is 0 Å². The fourth-order valence-electron chi connectivity index (χ4n) is 4.71. The van der Waals surface area contributed by atoms with Gasteiger partial charge in [0.2, 0.25) is 5.91 Å². The molecule has 1 aromatic heterocycles. The zero-order valence-electron chi connectivity index (χ0n) is 15.4. The molecule has 2 saturated carbocycles. The average molecular weight is 353 g/mol. The van der Waals surface area contributed by atoms with E-state index in [1.165, 1.54) is 25.7 Å². The maximum atomic E-state index is 12.6. The van der Waals surface area contributed by atoms with Crippen molar-refractivity contribution in [3.63, 3.8) is 0 Å². The van der Waals surface area contributed by atoms with Gasteiger partial charge in [-0.25, -0.2) is 4.68 Å². The Morgan fingerprint density at radius 1 is 1.31 bits per heavy atom. The average Bonchev–Trinajstić information content (AvgIpc) is 3.34. The Hall–Kier alpha value is -2.14. The molecule has 2 aliphatic carbocycles. The Labute approximate surface area is 154 Å². The molecule has 1 N–H and O–H groups in total. The van der Waals surface area contributed by atoms with Gasteiger partial charge < -0.3 is 10.1 Å². The number of hydrogen-bond acceptors (Lipinski definition) is 3. The van der Waals surface area contributed by atoms with E-state index in [2.05, 4.69) is 17.3 Å². The molecule has 1 heterocycles. The lowest BCUT2D eigenvalue weighted by Crippen LogP contribution is -2.63. The third-order valence-electron chi connectivity index (χ3n) is 6.09. The van der Waals surface area contributed by atoms with Crippen molar-refractivity contribution >= 4 is 5.91 Å². The molecule has 0 radical (unpaired) electrons. The van der Waals surface area contributed by atoms with Crippen LogP contribution in [-0.2, 0) is 16.0 Å². The van der Waals surface area contributed by atoms with Crippen molar-refractivity contribution in [3.8, 4) is 5.69 Å². The van der Waals surface area contributed by atoms with Crippen LogP contribution in [0.5, 0.6) is 0 Å². The summed E-state index contributed by atoms with van der Waals surface area (Å²) in [7, 11) is 0. The molecule has 26 heavy (non-hydrogen) atoms. The molecular weight excluding hydrogens is 326 g/mol. The summed E-state index contributed by atoms with van der Waals surface area (Å²) in [5.41, 5.74) is 2.22. The summed E-state index contributed by atoms with van der Waals surface area (Å²) in [6.07, 6.45) is 10.2. The molecule has 2 aliphatic rings. The van der Waals surface area contributed by atoms with E-state index in [0.29, 0.717) is 12.5 Å². The van der Waals surface area contributed by atoms with Gasteiger partial charge in [-0.3, -0.25) is 4.79 Å². The predicted octanol–water partition coefficient (Wildman–Crippen LogP) is 3.27. The molecule has 2 atom stereocenters. The Morgan fingerprint density at radius 2 is 2.08 bits per heavy atom. The maximum absolute atomic E-state index is 12.6. The summed E-state index contributed by atoms with van der Waals surface area (Å²) in [6.45, 7) is 2.82. The largest absolute Gasteiger partial charge is 0.378 e. The third kappa shape index (κ3) is 3.16. The predicted molar refractivity (Wildman–Crippen MR) is 100 cm³/mol. The fourth-order valence-corrected chi connectivity index (χ4v) is 4.71. The zero-order chi connectivity index (χ0) is 18.0. The first-order chi connectivity index (χ1) is 12.7. The first-order valence-electron chi connectivity index (χ1n) is 9.71. The molecule has 5 heteroatoms. The second-order valence-corrected chi connectivity index (χ2v) is 7.53. The number of benzene rings is 1. The van der Waals surface area contributed by atoms with Crippen LogP contribution in [0, 0.1) is 5.41 Å². The quantitative estimate of drug-likeness (QED) is 0.867. The summed E-state index contributed by atoms with van der Waals surface area (Å²) < 4.78 is 7.75. The number of carbonyl (C=O) groups is 1. The molecule has 0 bridgehead atoms. The number of hydrogen-bond donors (Lipinski definition) is 1. The second-order valence-electron chi connectivity index (χ2n) is 7.53. The second kappa shape index (κ2) is 7.23. The third-order valence-corrected chi connectivity index (χ3v) is 6.09. The van der Waals surface area contributed by atoms with Gasteiger partial charge in [-0.15, -0.1) is 0 Å². The standard InChI is InChI=1S/C21H27N3O2/c1-2-26-19-15-18(21(19)10-3-4-11-21)23-20(25)14-16-6-8-17(9-7-16)24-13-5-12-22-24/h5-9,12-13,18-19H,2-4,10-11,14-15H2,1H3,(H,23,25). The lowest BCUT2D eigenvalue weighted by molar-refractivity contribution is -0.143. The van der Waals surface area contributed by atoms with Gasteiger partial charge in [0.15, 0.2) is 0 Å². The van der Waals surface area contributed by atoms with Gasteiger partial charge >= 0.3 is 0 Å². The minimum absolute atomic E-state index is 0.114. The van der Waals surface area contributed by atoms with E-state index in [1.807, 2.05) is 41.2 Å². The molecule has 0 saturated heterocycles. The van der Waals surface area contributed by atoms with Crippen LogP contribution < -0.4 is 5.32 Å². The normalized spacial score (nSPS) is 23.7. The van der Waals surface area contributed by atoms with Crippen LogP contribution in [0.3, 0.4) is 0 Å². The first kappa shape index (κ1) is 17.3. The molecular formula is C21H27N3O2. The van der Waals surface area contributed by atoms with E-state index in [0.717, 1.165) is 24.3 Å². The Bertz CT molecular complexity index is 733. The van der Waals surface area contributed by atoms with Gasteiger partial charge in [0, 0.05) is 30.5 Å². The molecule has 138 valence electrons. The zero-order valence-corrected chi connectivity index (χ0v) is 15.4. The van der Waals surface area contributed by atoms with Gasteiger partial charge in [-0.05, 0) is 49.9 Å². The Kier molecular flexibility index (Phi) is 4.81. The van der Waals surface area contributed by atoms with Gasteiger partial charge in [-0.2, -0.15) is 5.10 Å². The fraction of sp³-hybridized carbons (Fsp3) is 0.524. The van der Waals surface area contributed by atoms with Crippen molar-refractivity contribution in [3.05, 3.63) is 48.3 Å².